The summed E-state index contributed by atoms with van der Waals surface area (Å²) >= 11 is 11.7. The van der Waals surface area contributed by atoms with E-state index in [1.807, 2.05) is 13.0 Å². The fraction of sp³-hybridized carbons (Fsp3) is 0.222. The van der Waals surface area contributed by atoms with Gasteiger partial charge in [0.15, 0.2) is 6.61 Å². The second kappa shape index (κ2) is 9.31. The van der Waals surface area contributed by atoms with E-state index in [0.29, 0.717) is 27.2 Å². The van der Waals surface area contributed by atoms with Crippen LogP contribution in [0.15, 0.2) is 36.4 Å². The molecule has 0 aliphatic heterocycles. The van der Waals surface area contributed by atoms with Gasteiger partial charge >= 0.3 is 0 Å². The van der Waals surface area contributed by atoms with Crippen molar-refractivity contribution in [2.24, 2.45) is 0 Å². The topological polar surface area (TPSA) is 76.7 Å². The first-order valence-electron chi connectivity index (χ1n) is 7.68. The number of methoxy groups -OCH3 is 1. The van der Waals surface area contributed by atoms with Crippen LogP contribution >= 0.6 is 23.2 Å². The summed E-state index contributed by atoms with van der Waals surface area (Å²) in [5, 5.41) is 5.93. The molecule has 2 amide bonds. The highest BCUT2D eigenvalue weighted by Gasteiger charge is 2.11. The number of carbonyl (C=O) groups excluding carboxylic acids is 2. The second-order valence-electron chi connectivity index (χ2n) is 5.39. The Kier molecular flexibility index (Phi) is 7.12. The Morgan fingerprint density at radius 3 is 2.46 bits per heavy atom. The number of ether oxygens (including phenoxy) is 2. The second-order valence-corrected chi connectivity index (χ2v) is 6.24. The fourth-order valence-corrected chi connectivity index (χ4v) is 2.54. The van der Waals surface area contributed by atoms with Gasteiger partial charge in [0.1, 0.15) is 11.5 Å². The van der Waals surface area contributed by atoms with E-state index in [9.17, 15) is 9.59 Å². The van der Waals surface area contributed by atoms with Gasteiger partial charge in [0, 0.05) is 5.02 Å². The van der Waals surface area contributed by atoms with Gasteiger partial charge in [-0.05, 0) is 42.8 Å². The van der Waals surface area contributed by atoms with Gasteiger partial charge in [0.25, 0.3) is 5.91 Å². The number of anilines is 1. The highest BCUT2D eigenvalue weighted by Crippen LogP contribution is 2.27. The first kappa shape index (κ1) is 19.9. The predicted molar refractivity (Wildman–Crippen MR) is 101 cm³/mol. The van der Waals surface area contributed by atoms with Gasteiger partial charge in [-0.3, -0.25) is 9.59 Å². The van der Waals surface area contributed by atoms with E-state index in [0.717, 1.165) is 5.56 Å². The minimum atomic E-state index is -0.456. The summed E-state index contributed by atoms with van der Waals surface area (Å²) < 4.78 is 10.5. The third-order valence-corrected chi connectivity index (χ3v) is 3.86. The molecule has 0 saturated heterocycles. The molecule has 6 nitrogen and oxygen atoms in total. The summed E-state index contributed by atoms with van der Waals surface area (Å²) in [6.07, 6.45) is 0. The molecule has 2 aromatic carbocycles. The van der Waals surface area contributed by atoms with Crippen LogP contribution in [0.4, 0.5) is 5.69 Å². The molecule has 0 unspecified atom stereocenters. The van der Waals surface area contributed by atoms with Crippen molar-refractivity contribution < 1.29 is 19.1 Å². The molecule has 26 heavy (non-hydrogen) atoms. The molecule has 2 N–H and O–H groups in total. The van der Waals surface area contributed by atoms with Crippen molar-refractivity contribution in [2.75, 3.05) is 25.6 Å². The van der Waals surface area contributed by atoms with Crippen molar-refractivity contribution in [1.29, 1.82) is 0 Å². The van der Waals surface area contributed by atoms with Gasteiger partial charge < -0.3 is 20.1 Å². The number of halogens is 2. The molecule has 0 aliphatic rings. The van der Waals surface area contributed by atoms with Crippen LogP contribution in [0, 0.1) is 6.92 Å². The summed E-state index contributed by atoms with van der Waals surface area (Å²) in [5.41, 5.74) is 1.51. The van der Waals surface area contributed by atoms with Crippen LogP contribution in [0.5, 0.6) is 11.5 Å². The molecule has 0 fully saturated rings. The van der Waals surface area contributed by atoms with Gasteiger partial charge in [-0.1, -0.05) is 29.3 Å². The maximum absolute atomic E-state index is 12.0. The fourth-order valence-electron chi connectivity index (χ4n) is 2.08. The Morgan fingerprint density at radius 1 is 1.04 bits per heavy atom. The summed E-state index contributed by atoms with van der Waals surface area (Å²) in [6.45, 7) is 1.42. The normalized spacial score (nSPS) is 10.2. The lowest BCUT2D eigenvalue weighted by Crippen LogP contribution is -2.35. The lowest BCUT2D eigenvalue weighted by Gasteiger charge is -2.12. The molecule has 0 radical (unpaired) electrons. The van der Waals surface area contributed by atoms with Crippen molar-refractivity contribution in [3.63, 3.8) is 0 Å². The molecular weight excluding hydrogens is 379 g/mol. The Balaban J connectivity index is 1.81. The quantitative estimate of drug-likeness (QED) is 0.751. The van der Waals surface area contributed by atoms with E-state index >= 15 is 0 Å². The Hall–Kier alpha value is -2.44. The van der Waals surface area contributed by atoms with Crippen LogP contribution in [0.2, 0.25) is 10.0 Å². The molecule has 0 aliphatic carbocycles. The van der Waals surface area contributed by atoms with Crippen molar-refractivity contribution in [3.8, 4) is 11.5 Å². The number of hydrogen-bond donors (Lipinski definition) is 2. The van der Waals surface area contributed by atoms with Crippen LogP contribution in [0.3, 0.4) is 0 Å². The first-order valence-corrected chi connectivity index (χ1v) is 8.43. The Morgan fingerprint density at radius 2 is 1.77 bits per heavy atom. The molecule has 0 bridgehead atoms. The minimum Gasteiger partial charge on any atom is -0.495 e. The van der Waals surface area contributed by atoms with Crippen LogP contribution < -0.4 is 20.1 Å². The van der Waals surface area contributed by atoms with Crippen molar-refractivity contribution in [1.82, 2.24) is 5.32 Å². The average Bonchev–Trinajstić information content (AvgIpc) is 2.59. The van der Waals surface area contributed by atoms with E-state index in [4.69, 9.17) is 32.7 Å². The third kappa shape index (κ3) is 5.82. The van der Waals surface area contributed by atoms with E-state index in [1.54, 1.807) is 24.3 Å². The summed E-state index contributed by atoms with van der Waals surface area (Å²) in [7, 11) is 1.52. The highest BCUT2D eigenvalue weighted by atomic mass is 35.5. The predicted octanol–water partition coefficient (Wildman–Crippen LogP) is 3.44. The van der Waals surface area contributed by atoms with Gasteiger partial charge in [0.2, 0.25) is 5.91 Å². The molecule has 0 spiro atoms. The lowest BCUT2D eigenvalue weighted by atomic mass is 10.2. The van der Waals surface area contributed by atoms with Crippen LogP contribution in [0.1, 0.15) is 5.56 Å². The van der Waals surface area contributed by atoms with Crippen LogP contribution in [0.25, 0.3) is 0 Å². The molecule has 0 atom stereocenters. The zero-order valence-electron chi connectivity index (χ0n) is 14.3. The molecule has 0 heterocycles. The number of carbonyl (C=O) groups is 2. The van der Waals surface area contributed by atoms with Crippen LogP contribution in [-0.2, 0) is 9.59 Å². The van der Waals surface area contributed by atoms with Gasteiger partial charge in [-0.2, -0.15) is 0 Å². The summed E-state index contributed by atoms with van der Waals surface area (Å²) in [5.74, 6) is 0.0327. The number of hydrogen-bond acceptors (Lipinski definition) is 4. The summed E-state index contributed by atoms with van der Waals surface area (Å²) in [6, 6.07) is 10.1. The summed E-state index contributed by atoms with van der Waals surface area (Å²) in [4.78, 5) is 23.8. The zero-order valence-corrected chi connectivity index (χ0v) is 15.8. The highest BCUT2D eigenvalue weighted by molar-refractivity contribution is 6.35. The standard InChI is InChI=1S/C18H18Cl2N2O4/c1-11-3-5-16(25-2)14(7-11)22-17(23)9-21-18(24)10-26-15-6-4-12(19)8-13(15)20/h3-8H,9-10H2,1-2H3,(H,21,24)(H,22,23). The molecule has 0 saturated carbocycles. The smallest absolute Gasteiger partial charge is 0.258 e. The molecular formula is C18H18Cl2N2O4. The number of benzene rings is 2. The number of rotatable bonds is 7. The SMILES string of the molecule is COc1ccc(C)cc1NC(=O)CNC(=O)COc1ccc(Cl)cc1Cl. The van der Waals surface area contributed by atoms with Gasteiger partial charge in [0.05, 0.1) is 24.4 Å². The number of aryl methyl sites for hydroxylation is 1. The minimum absolute atomic E-state index is 0.201. The Labute approximate surface area is 161 Å². The molecule has 2 rings (SSSR count). The molecule has 0 aromatic heterocycles. The van der Waals surface area contributed by atoms with E-state index in [1.165, 1.54) is 13.2 Å². The largest absolute Gasteiger partial charge is 0.495 e. The van der Waals surface area contributed by atoms with E-state index in [-0.39, 0.29) is 19.1 Å². The molecule has 138 valence electrons. The van der Waals surface area contributed by atoms with Crippen molar-refractivity contribution >= 4 is 40.7 Å². The maximum atomic E-state index is 12.0. The van der Waals surface area contributed by atoms with Crippen molar-refractivity contribution in [2.45, 2.75) is 6.92 Å². The zero-order chi connectivity index (χ0) is 19.1. The molecule has 2 aromatic rings. The third-order valence-electron chi connectivity index (χ3n) is 3.33. The maximum Gasteiger partial charge on any atom is 0.258 e. The number of amides is 2. The van der Waals surface area contributed by atoms with Crippen LogP contribution in [-0.4, -0.2) is 32.1 Å². The van der Waals surface area contributed by atoms with E-state index < -0.39 is 5.91 Å². The molecule has 8 heteroatoms. The monoisotopic (exact) mass is 396 g/mol. The van der Waals surface area contributed by atoms with E-state index in [2.05, 4.69) is 10.6 Å². The lowest BCUT2D eigenvalue weighted by molar-refractivity contribution is -0.125. The first-order chi connectivity index (χ1) is 12.4. The van der Waals surface area contributed by atoms with Gasteiger partial charge in [-0.25, -0.2) is 0 Å². The van der Waals surface area contributed by atoms with Crippen molar-refractivity contribution in [3.05, 3.63) is 52.0 Å². The number of nitrogens with one attached hydrogen (secondary N) is 2. The van der Waals surface area contributed by atoms with Gasteiger partial charge in [-0.15, -0.1) is 0 Å². The Bertz CT molecular complexity index is 812. The average molecular weight is 397 g/mol.